The molecule has 0 aliphatic rings. The number of hydrogen-bond acceptors (Lipinski definition) is 4. The molecular formula is C16H15ClFNO4S. The first-order valence-corrected chi connectivity index (χ1v) is 8.89. The Labute approximate surface area is 144 Å². The first-order valence-electron chi connectivity index (χ1n) is 7.03. The Morgan fingerprint density at radius 1 is 1.12 bits per heavy atom. The second-order valence-electron chi connectivity index (χ2n) is 4.82. The molecule has 2 aromatic rings. The van der Waals surface area contributed by atoms with E-state index >= 15 is 0 Å². The summed E-state index contributed by atoms with van der Waals surface area (Å²) in [5, 5.41) is 0.160. The number of nitrogens with one attached hydrogen (secondary N) is 1. The van der Waals surface area contributed by atoms with Gasteiger partial charge in [0.05, 0.1) is 16.3 Å². The molecule has 8 heteroatoms. The van der Waals surface area contributed by atoms with Crippen LogP contribution in [0.25, 0.3) is 0 Å². The summed E-state index contributed by atoms with van der Waals surface area (Å²) in [6.45, 7) is -0.434. The Kier molecular flexibility index (Phi) is 6.30. The van der Waals surface area contributed by atoms with Gasteiger partial charge < -0.3 is 4.74 Å². The Morgan fingerprint density at radius 2 is 1.83 bits per heavy atom. The van der Waals surface area contributed by atoms with Gasteiger partial charge in [-0.15, -0.1) is 0 Å². The van der Waals surface area contributed by atoms with E-state index in [1.54, 1.807) is 18.2 Å². The van der Waals surface area contributed by atoms with E-state index in [0.717, 1.165) is 0 Å². The van der Waals surface area contributed by atoms with Gasteiger partial charge in [0, 0.05) is 12.1 Å². The van der Waals surface area contributed by atoms with Crippen molar-refractivity contribution in [2.75, 3.05) is 6.54 Å². The first kappa shape index (κ1) is 18.4. The van der Waals surface area contributed by atoms with Gasteiger partial charge in [0.25, 0.3) is 0 Å². The third-order valence-corrected chi connectivity index (χ3v) is 4.94. The van der Waals surface area contributed by atoms with Gasteiger partial charge in [0.2, 0.25) is 10.0 Å². The zero-order valence-electron chi connectivity index (χ0n) is 12.5. The molecular weight excluding hydrogens is 357 g/mol. The fraction of sp³-hybridized carbons (Fsp3) is 0.188. The van der Waals surface area contributed by atoms with Gasteiger partial charge in [-0.05, 0) is 24.3 Å². The topological polar surface area (TPSA) is 72.5 Å². The lowest BCUT2D eigenvalue weighted by atomic mass is 10.2. The second-order valence-corrected chi connectivity index (χ2v) is 7.00. The molecule has 0 spiro atoms. The monoisotopic (exact) mass is 371 g/mol. The van der Waals surface area contributed by atoms with E-state index in [9.17, 15) is 17.6 Å². The van der Waals surface area contributed by atoms with Crippen LogP contribution < -0.4 is 4.72 Å². The largest absolute Gasteiger partial charge is 0.461 e. The third kappa shape index (κ3) is 5.02. The Bertz CT molecular complexity index is 792. The molecule has 0 amide bonds. The van der Waals surface area contributed by atoms with E-state index in [0.29, 0.717) is 0 Å². The van der Waals surface area contributed by atoms with Crippen molar-refractivity contribution in [2.24, 2.45) is 0 Å². The highest BCUT2D eigenvalue weighted by atomic mass is 35.5. The molecule has 2 aromatic carbocycles. The SMILES string of the molecule is O=C(CCNS(=O)(=O)c1ccccc1)OCc1c(F)cccc1Cl. The van der Waals surface area contributed by atoms with Crippen LogP contribution in [0.4, 0.5) is 4.39 Å². The lowest BCUT2D eigenvalue weighted by Gasteiger charge is -2.08. The number of ether oxygens (including phenoxy) is 1. The number of benzene rings is 2. The van der Waals surface area contributed by atoms with E-state index in [4.69, 9.17) is 16.3 Å². The minimum absolute atomic E-state index is 0.0809. The van der Waals surface area contributed by atoms with Crippen LogP contribution in [0.15, 0.2) is 53.4 Å². The highest BCUT2D eigenvalue weighted by Gasteiger charge is 2.14. The smallest absolute Gasteiger partial charge is 0.307 e. The number of sulfonamides is 1. The van der Waals surface area contributed by atoms with Crippen molar-refractivity contribution in [1.29, 1.82) is 0 Å². The third-order valence-electron chi connectivity index (χ3n) is 3.11. The van der Waals surface area contributed by atoms with Crippen LogP contribution in [0.3, 0.4) is 0 Å². The number of halogens is 2. The number of carbonyl (C=O) groups is 1. The van der Waals surface area contributed by atoms with Crippen LogP contribution in [0.5, 0.6) is 0 Å². The lowest BCUT2D eigenvalue weighted by molar-refractivity contribution is -0.144. The van der Waals surface area contributed by atoms with Gasteiger partial charge in [-0.25, -0.2) is 17.5 Å². The van der Waals surface area contributed by atoms with E-state index < -0.39 is 21.8 Å². The molecule has 0 heterocycles. The molecule has 0 aliphatic heterocycles. The molecule has 5 nitrogen and oxygen atoms in total. The van der Waals surface area contributed by atoms with Crippen molar-refractivity contribution in [3.8, 4) is 0 Å². The maximum atomic E-state index is 13.5. The van der Waals surface area contributed by atoms with Crippen LogP contribution in [-0.2, 0) is 26.2 Å². The molecule has 1 N–H and O–H groups in total. The van der Waals surface area contributed by atoms with Crippen molar-refractivity contribution in [2.45, 2.75) is 17.9 Å². The molecule has 0 atom stereocenters. The Morgan fingerprint density at radius 3 is 2.50 bits per heavy atom. The van der Waals surface area contributed by atoms with Gasteiger partial charge in [-0.2, -0.15) is 0 Å². The van der Waals surface area contributed by atoms with Gasteiger partial charge in [-0.3, -0.25) is 4.79 Å². The lowest BCUT2D eigenvalue weighted by Crippen LogP contribution is -2.26. The molecule has 128 valence electrons. The maximum absolute atomic E-state index is 13.5. The minimum atomic E-state index is -3.68. The summed E-state index contributed by atoms with van der Waals surface area (Å²) in [5.74, 6) is -1.23. The predicted octanol–water partition coefficient (Wildman–Crippen LogP) is 2.89. The molecule has 0 saturated carbocycles. The Hall–Kier alpha value is -1.96. The summed E-state index contributed by atoms with van der Waals surface area (Å²) >= 11 is 5.82. The molecule has 2 rings (SSSR count). The molecule has 24 heavy (non-hydrogen) atoms. The number of carbonyl (C=O) groups excluding carboxylic acids is 1. The van der Waals surface area contributed by atoms with E-state index in [2.05, 4.69) is 4.72 Å². The highest BCUT2D eigenvalue weighted by molar-refractivity contribution is 7.89. The predicted molar refractivity (Wildman–Crippen MR) is 87.5 cm³/mol. The van der Waals surface area contributed by atoms with Crippen molar-refractivity contribution < 1.29 is 22.3 Å². The average Bonchev–Trinajstić information content (AvgIpc) is 2.55. The summed E-state index contributed by atoms with van der Waals surface area (Å²) in [6, 6.07) is 11.9. The van der Waals surface area contributed by atoms with E-state index in [-0.39, 0.29) is 35.1 Å². The quantitative estimate of drug-likeness (QED) is 0.759. The molecule has 0 saturated heterocycles. The van der Waals surface area contributed by atoms with Crippen LogP contribution >= 0.6 is 11.6 Å². The van der Waals surface area contributed by atoms with Gasteiger partial charge in [0.15, 0.2) is 0 Å². The summed E-state index contributed by atoms with van der Waals surface area (Å²) in [6.07, 6.45) is -0.182. The maximum Gasteiger partial charge on any atom is 0.307 e. The van der Waals surface area contributed by atoms with Crippen molar-refractivity contribution in [3.63, 3.8) is 0 Å². The Balaban J connectivity index is 1.82. The first-order chi connectivity index (χ1) is 11.4. The standard InChI is InChI=1S/C16H15ClFNO4S/c17-14-7-4-8-15(18)13(14)11-23-16(20)9-10-19-24(21,22)12-5-2-1-3-6-12/h1-8,19H,9-11H2. The molecule has 0 aromatic heterocycles. The number of hydrogen-bond donors (Lipinski definition) is 1. The van der Waals surface area contributed by atoms with Crippen LogP contribution in [0.2, 0.25) is 5.02 Å². The zero-order chi connectivity index (χ0) is 17.6. The fourth-order valence-electron chi connectivity index (χ4n) is 1.87. The average molecular weight is 372 g/mol. The summed E-state index contributed by atoms with van der Waals surface area (Å²) in [5.41, 5.74) is 0.0809. The van der Waals surface area contributed by atoms with Crippen molar-refractivity contribution in [3.05, 3.63) is 64.9 Å². The van der Waals surface area contributed by atoms with Crippen LogP contribution in [-0.4, -0.2) is 20.9 Å². The van der Waals surface area contributed by atoms with Gasteiger partial charge >= 0.3 is 5.97 Å². The minimum Gasteiger partial charge on any atom is -0.461 e. The molecule has 0 bridgehead atoms. The number of esters is 1. The number of rotatable bonds is 7. The summed E-state index contributed by atoms with van der Waals surface area (Å²) in [7, 11) is -3.68. The van der Waals surface area contributed by atoms with E-state index in [1.807, 2.05) is 0 Å². The van der Waals surface area contributed by atoms with E-state index in [1.165, 1.54) is 30.3 Å². The van der Waals surface area contributed by atoms with Crippen molar-refractivity contribution >= 4 is 27.6 Å². The van der Waals surface area contributed by atoms with Gasteiger partial charge in [-0.1, -0.05) is 35.9 Å². The second kappa shape index (κ2) is 8.23. The van der Waals surface area contributed by atoms with Crippen LogP contribution in [0, 0.1) is 5.82 Å². The molecule has 0 fully saturated rings. The summed E-state index contributed by atoms with van der Waals surface area (Å²) in [4.78, 5) is 11.7. The van der Waals surface area contributed by atoms with Crippen molar-refractivity contribution in [1.82, 2.24) is 4.72 Å². The molecule has 0 aliphatic carbocycles. The van der Waals surface area contributed by atoms with Gasteiger partial charge in [0.1, 0.15) is 12.4 Å². The highest BCUT2D eigenvalue weighted by Crippen LogP contribution is 2.19. The zero-order valence-corrected chi connectivity index (χ0v) is 14.1. The molecule has 0 radical (unpaired) electrons. The normalized spacial score (nSPS) is 11.2. The summed E-state index contributed by atoms with van der Waals surface area (Å²) < 4.78 is 44.6. The fourth-order valence-corrected chi connectivity index (χ4v) is 3.14. The molecule has 0 unspecified atom stereocenters. The van der Waals surface area contributed by atoms with Crippen LogP contribution in [0.1, 0.15) is 12.0 Å².